The number of esters is 2. The van der Waals surface area contributed by atoms with Crippen LogP contribution in [0.25, 0.3) is 0 Å². The van der Waals surface area contributed by atoms with Crippen molar-refractivity contribution in [3.8, 4) is 0 Å². The van der Waals surface area contributed by atoms with Crippen LogP contribution in [0.4, 0.5) is 0 Å². The number of fused-ring (bicyclic) bond motifs is 10. The van der Waals surface area contributed by atoms with Crippen molar-refractivity contribution < 1.29 is 48.3 Å². The van der Waals surface area contributed by atoms with Crippen molar-refractivity contribution in [1.82, 2.24) is 0 Å². The molecular formula is C60H100O10. The number of rotatable bonds is 14. The van der Waals surface area contributed by atoms with Gasteiger partial charge in [-0.25, -0.2) is 0 Å². The predicted molar refractivity (Wildman–Crippen MR) is 273 cm³/mol. The van der Waals surface area contributed by atoms with Crippen LogP contribution in [-0.2, 0) is 38.1 Å². The highest BCUT2D eigenvalue weighted by molar-refractivity contribution is 5.74. The highest BCUT2D eigenvalue weighted by Gasteiger charge is 2.62. The van der Waals surface area contributed by atoms with E-state index in [0.717, 1.165) is 169 Å². The quantitative estimate of drug-likeness (QED) is 0.161. The van der Waals surface area contributed by atoms with Gasteiger partial charge in [-0.3, -0.25) is 19.2 Å². The van der Waals surface area contributed by atoms with E-state index in [4.69, 9.17) is 24.1 Å². The van der Waals surface area contributed by atoms with Gasteiger partial charge >= 0.3 is 23.9 Å². The van der Waals surface area contributed by atoms with E-state index in [1.165, 1.54) is 57.8 Å². The van der Waals surface area contributed by atoms with Gasteiger partial charge < -0.3 is 29.2 Å². The molecule has 0 amide bonds. The first kappa shape index (κ1) is 55.5. The molecule has 2 aliphatic heterocycles. The summed E-state index contributed by atoms with van der Waals surface area (Å²) in [5.74, 6) is 10.8. The number of carboxylic acids is 2. The summed E-state index contributed by atoms with van der Waals surface area (Å²) in [4.78, 5) is 47.1. The van der Waals surface area contributed by atoms with E-state index in [0.29, 0.717) is 35.5 Å². The molecule has 2 N–H and O–H groups in total. The average molecular weight is 981 g/mol. The van der Waals surface area contributed by atoms with Crippen LogP contribution < -0.4 is 0 Å². The lowest BCUT2D eigenvalue weighted by Gasteiger charge is -2.35. The van der Waals surface area contributed by atoms with Crippen LogP contribution in [0.3, 0.4) is 0 Å². The second-order valence-corrected chi connectivity index (χ2v) is 25.4. The zero-order valence-corrected chi connectivity index (χ0v) is 45.2. The topological polar surface area (TPSA) is 146 Å². The molecule has 0 aromatic carbocycles. The minimum Gasteiger partial charge on any atom is -0.481 e. The van der Waals surface area contributed by atoms with Gasteiger partial charge in [0.25, 0.3) is 0 Å². The maximum atomic E-state index is 12.7. The molecular weight excluding hydrogens is 881 g/mol. The monoisotopic (exact) mass is 981 g/mol. The summed E-state index contributed by atoms with van der Waals surface area (Å²) in [6.45, 7) is 19.6. The van der Waals surface area contributed by atoms with E-state index < -0.39 is 11.9 Å². The van der Waals surface area contributed by atoms with E-state index >= 15 is 0 Å². The molecule has 0 aromatic rings. The van der Waals surface area contributed by atoms with Gasteiger partial charge in [0.1, 0.15) is 0 Å². The van der Waals surface area contributed by atoms with Gasteiger partial charge in [-0.2, -0.15) is 0 Å². The Morgan fingerprint density at radius 1 is 0.443 bits per heavy atom. The van der Waals surface area contributed by atoms with Crippen LogP contribution in [0, 0.1) is 118 Å². The Labute approximate surface area is 424 Å². The maximum Gasteiger partial charge on any atom is 0.311 e. The van der Waals surface area contributed by atoms with Gasteiger partial charge in [0, 0.05) is 12.8 Å². The van der Waals surface area contributed by atoms with Gasteiger partial charge in [-0.15, -0.1) is 0 Å². The lowest BCUT2D eigenvalue weighted by atomic mass is 9.71. The Bertz CT molecular complexity index is 1670. The normalized spacial score (nSPS) is 43.9. The fraction of sp³-hybridized carbons (Fsp3) is 0.933. The molecule has 10 nitrogen and oxygen atoms in total. The number of carbonyl (C=O) groups excluding carboxylic acids is 2. The standard InChI is InChI=1S/C20H32O3.C15H26O3.C15H24O2.C10H18O2/c1-3-6-13-9-12(2)18-14-10-15(19(13)18)16(11-14)20(21)23-17-7-4-5-8-22-17;1-3-6-12-9-11(2)10-13(12)15(16)18-14-7-4-5-8-17-14;1-3-4-9-5-8(2)13-10-6-11(14(9)13)12(7-10)15(16)17;1-3-4-8-5-7(2)6-9(8)10(11)12/h12-19H,3-11H2,1-2H3;11-14H,3-10H2,1-2H3;8-14H,3-7H2,1-2H3,(H,16,17);7-9H,3-6H2,1-2H3,(H,11,12). The van der Waals surface area contributed by atoms with Gasteiger partial charge in [0.15, 0.2) is 0 Å². The summed E-state index contributed by atoms with van der Waals surface area (Å²) < 4.78 is 22.4. The first-order valence-electron chi connectivity index (χ1n) is 29.8. The number of carboxylic acid groups (broad SMARTS) is 2. The molecule has 8 saturated carbocycles. The molecule has 10 rings (SSSR count). The zero-order valence-electron chi connectivity index (χ0n) is 45.2. The van der Waals surface area contributed by atoms with E-state index in [1.807, 2.05) is 0 Å². The molecule has 22 atom stereocenters. The van der Waals surface area contributed by atoms with Crippen LogP contribution in [-0.4, -0.2) is 59.9 Å². The minimum absolute atomic E-state index is 0.00842. The molecule has 10 aliphatic rings. The Balaban J connectivity index is 0.000000141. The molecule has 8 aliphatic carbocycles. The van der Waals surface area contributed by atoms with Crippen molar-refractivity contribution in [3.05, 3.63) is 0 Å². The lowest BCUT2D eigenvalue weighted by molar-refractivity contribution is -0.194. The van der Waals surface area contributed by atoms with Gasteiger partial charge in [0.05, 0.1) is 36.9 Å². The van der Waals surface area contributed by atoms with Crippen molar-refractivity contribution in [1.29, 1.82) is 0 Å². The van der Waals surface area contributed by atoms with Crippen molar-refractivity contribution in [2.24, 2.45) is 118 Å². The van der Waals surface area contributed by atoms with E-state index in [1.54, 1.807) is 0 Å². The lowest BCUT2D eigenvalue weighted by Crippen LogP contribution is -2.36. The molecule has 400 valence electrons. The van der Waals surface area contributed by atoms with Crippen molar-refractivity contribution in [2.75, 3.05) is 13.2 Å². The number of hydrogen-bond acceptors (Lipinski definition) is 8. The summed E-state index contributed by atoms with van der Waals surface area (Å²) in [5.41, 5.74) is 0. The molecule has 4 bridgehead atoms. The minimum atomic E-state index is -0.585. The summed E-state index contributed by atoms with van der Waals surface area (Å²) in [6.07, 6.45) is 26.8. The van der Waals surface area contributed by atoms with Crippen LogP contribution in [0.2, 0.25) is 0 Å². The smallest absolute Gasteiger partial charge is 0.311 e. The van der Waals surface area contributed by atoms with Crippen LogP contribution in [0.15, 0.2) is 0 Å². The van der Waals surface area contributed by atoms with E-state index in [9.17, 15) is 24.3 Å². The highest BCUT2D eigenvalue weighted by atomic mass is 16.7. The van der Waals surface area contributed by atoms with E-state index in [-0.39, 0.29) is 48.2 Å². The summed E-state index contributed by atoms with van der Waals surface area (Å²) in [7, 11) is 0. The number of hydrogen-bond donors (Lipinski definition) is 2. The summed E-state index contributed by atoms with van der Waals surface area (Å²) in [6, 6.07) is 0. The van der Waals surface area contributed by atoms with Gasteiger partial charge in [-0.05, 0) is 197 Å². The maximum absolute atomic E-state index is 12.7. The first-order chi connectivity index (χ1) is 33.7. The molecule has 0 radical (unpaired) electrons. The Morgan fingerprint density at radius 2 is 0.843 bits per heavy atom. The number of aliphatic carboxylic acids is 2. The molecule has 10 heteroatoms. The third kappa shape index (κ3) is 13.0. The molecule has 0 aromatic heterocycles. The summed E-state index contributed by atoms with van der Waals surface area (Å²) >= 11 is 0. The number of ether oxygens (including phenoxy) is 4. The molecule has 2 saturated heterocycles. The molecule has 70 heavy (non-hydrogen) atoms. The Morgan fingerprint density at radius 3 is 1.27 bits per heavy atom. The average Bonchev–Trinajstić information content (AvgIpc) is 4.22. The van der Waals surface area contributed by atoms with Gasteiger partial charge in [-0.1, -0.05) is 93.9 Å². The second kappa shape index (κ2) is 25.8. The molecule has 0 spiro atoms. The Hall–Kier alpha value is -2.20. The molecule has 10 fully saturated rings. The first-order valence-corrected chi connectivity index (χ1v) is 29.8. The van der Waals surface area contributed by atoms with Crippen molar-refractivity contribution in [2.45, 2.75) is 222 Å². The molecule has 22 unspecified atom stereocenters. The third-order valence-corrected chi connectivity index (χ3v) is 20.5. The second-order valence-electron chi connectivity index (χ2n) is 25.4. The SMILES string of the molecule is CCCC1CC(C)C2C3CC(C(=O)O)C(C3)C12.CCCC1CC(C)C2C3CC(C(=O)OC4CCCCO4)C(C3)C12.CCCC1CC(C)CC1C(=O)O.CCCC1CC(C)CC1C(=O)OC1CCCCO1. The Kier molecular flexibility index (Phi) is 20.5. The highest BCUT2D eigenvalue weighted by Crippen LogP contribution is 2.66. The predicted octanol–water partition coefficient (Wildman–Crippen LogP) is 13.9. The fourth-order valence-electron chi connectivity index (χ4n) is 18.2. The van der Waals surface area contributed by atoms with Crippen LogP contribution in [0.5, 0.6) is 0 Å². The van der Waals surface area contributed by atoms with Crippen molar-refractivity contribution in [3.63, 3.8) is 0 Å². The zero-order chi connectivity index (χ0) is 50.2. The largest absolute Gasteiger partial charge is 0.481 e. The van der Waals surface area contributed by atoms with Crippen molar-refractivity contribution >= 4 is 23.9 Å². The number of carbonyl (C=O) groups is 4. The van der Waals surface area contributed by atoms with Crippen LogP contribution in [0.1, 0.15) is 209 Å². The van der Waals surface area contributed by atoms with E-state index in [2.05, 4.69) is 55.4 Å². The van der Waals surface area contributed by atoms with Crippen LogP contribution >= 0.6 is 0 Å². The third-order valence-electron chi connectivity index (χ3n) is 20.5. The fourth-order valence-corrected chi connectivity index (χ4v) is 18.2. The molecule has 2 heterocycles. The van der Waals surface area contributed by atoms with Gasteiger partial charge in [0.2, 0.25) is 12.6 Å². The summed E-state index contributed by atoms with van der Waals surface area (Å²) in [5, 5.41) is 18.3.